The van der Waals surface area contributed by atoms with E-state index >= 15 is 0 Å². The molecule has 1 aromatic carbocycles. The molecule has 1 atom stereocenters. The predicted octanol–water partition coefficient (Wildman–Crippen LogP) is 4.00. The fourth-order valence-electron chi connectivity index (χ4n) is 3.39. The monoisotopic (exact) mass is 364 g/mol. The average molecular weight is 364 g/mol. The minimum atomic E-state index is -0.640. The van der Waals surface area contributed by atoms with Crippen molar-refractivity contribution in [3.8, 4) is 0 Å². The Morgan fingerprint density at radius 1 is 1.15 bits per heavy atom. The first-order valence-corrected chi connectivity index (χ1v) is 9.30. The van der Waals surface area contributed by atoms with Gasteiger partial charge in [0.15, 0.2) is 0 Å². The van der Waals surface area contributed by atoms with E-state index in [1.54, 1.807) is 35.5 Å². The standard InChI is InChI=1S/C22H24N2O3/c1-3-4-5-13-24-19(17-7-6-12-23-14-17)18(21(26)22(24)27)20(25)16-10-8-15(2)9-11-16/h6-12,14,19,25H,3-5,13H2,1-2H3/b20-18-. The third kappa shape index (κ3) is 3.77. The van der Waals surface area contributed by atoms with Crippen molar-refractivity contribution in [2.45, 2.75) is 39.2 Å². The number of ketones is 1. The predicted molar refractivity (Wildman–Crippen MR) is 104 cm³/mol. The number of benzene rings is 1. The van der Waals surface area contributed by atoms with E-state index < -0.39 is 17.7 Å². The van der Waals surface area contributed by atoms with Gasteiger partial charge in [-0.25, -0.2) is 0 Å². The number of aliphatic hydroxyl groups is 1. The lowest BCUT2D eigenvalue weighted by Gasteiger charge is -2.25. The van der Waals surface area contributed by atoms with E-state index in [0.29, 0.717) is 12.1 Å². The van der Waals surface area contributed by atoms with Gasteiger partial charge in [0.1, 0.15) is 5.76 Å². The van der Waals surface area contributed by atoms with Gasteiger partial charge in [-0.3, -0.25) is 14.6 Å². The smallest absolute Gasteiger partial charge is 0.295 e. The lowest BCUT2D eigenvalue weighted by Crippen LogP contribution is -2.30. The topological polar surface area (TPSA) is 70.5 Å². The fraction of sp³-hybridized carbons (Fsp3) is 0.318. The quantitative estimate of drug-likeness (QED) is 0.364. The molecule has 1 aromatic heterocycles. The van der Waals surface area contributed by atoms with Crippen molar-refractivity contribution in [1.82, 2.24) is 9.88 Å². The SMILES string of the molecule is CCCCCN1C(=O)C(=O)/C(=C(\O)c2ccc(C)cc2)C1c1cccnc1. The van der Waals surface area contributed by atoms with E-state index in [0.717, 1.165) is 30.4 Å². The number of hydrogen-bond acceptors (Lipinski definition) is 4. The molecule has 5 heteroatoms. The average Bonchev–Trinajstić information content (AvgIpc) is 2.94. The van der Waals surface area contributed by atoms with Gasteiger partial charge in [-0.05, 0) is 25.0 Å². The second-order valence-electron chi connectivity index (χ2n) is 6.85. The summed E-state index contributed by atoms with van der Waals surface area (Å²) in [5, 5.41) is 10.9. The molecule has 0 radical (unpaired) electrons. The number of Topliss-reactive ketones (excluding diaryl/α,β-unsaturated/α-hetero) is 1. The molecule has 2 heterocycles. The maximum Gasteiger partial charge on any atom is 0.295 e. The number of likely N-dealkylation sites (tertiary alicyclic amines) is 1. The molecule has 0 saturated carbocycles. The number of nitrogens with zero attached hydrogens (tertiary/aromatic N) is 2. The first-order chi connectivity index (χ1) is 13.0. The molecule has 1 N–H and O–H groups in total. The Labute approximate surface area is 159 Å². The number of hydrogen-bond donors (Lipinski definition) is 1. The van der Waals surface area contributed by atoms with Crippen molar-refractivity contribution < 1.29 is 14.7 Å². The van der Waals surface area contributed by atoms with Gasteiger partial charge in [0.25, 0.3) is 11.7 Å². The lowest BCUT2D eigenvalue weighted by molar-refractivity contribution is -0.139. The van der Waals surface area contributed by atoms with Crippen molar-refractivity contribution in [2.24, 2.45) is 0 Å². The van der Waals surface area contributed by atoms with Crippen LogP contribution >= 0.6 is 0 Å². The van der Waals surface area contributed by atoms with Crippen LogP contribution in [-0.4, -0.2) is 33.2 Å². The maximum atomic E-state index is 12.8. The second-order valence-corrected chi connectivity index (χ2v) is 6.85. The van der Waals surface area contributed by atoms with Crippen LogP contribution in [0.5, 0.6) is 0 Å². The zero-order chi connectivity index (χ0) is 19.4. The van der Waals surface area contributed by atoms with E-state index in [-0.39, 0.29) is 11.3 Å². The highest BCUT2D eigenvalue weighted by Crippen LogP contribution is 2.39. The summed E-state index contributed by atoms with van der Waals surface area (Å²) in [5.74, 6) is -1.34. The first-order valence-electron chi connectivity index (χ1n) is 9.30. The summed E-state index contributed by atoms with van der Waals surface area (Å²) in [5.41, 5.74) is 2.44. The molecule has 3 rings (SSSR count). The van der Waals surface area contributed by atoms with Crippen LogP contribution in [0.25, 0.3) is 5.76 Å². The number of carbonyl (C=O) groups is 2. The lowest BCUT2D eigenvalue weighted by atomic mass is 9.96. The van der Waals surface area contributed by atoms with Crippen LogP contribution in [0.1, 0.15) is 48.9 Å². The van der Waals surface area contributed by atoms with Gasteiger partial charge >= 0.3 is 0 Å². The van der Waals surface area contributed by atoms with E-state index in [9.17, 15) is 14.7 Å². The number of aromatic nitrogens is 1. The van der Waals surface area contributed by atoms with Crippen molar-refractivity contribution >= 4 is 17.4 Å². The number of unbranched alkanes of at least 4 members (excludes halogenated alkanes) is 2. The third-order valence-corrected chi connectivity index (χ3v) is 4.87. The van der Waals surface area contributed by atoms with Crippen molar-refractivity contribution in [2.75, 3.05) is 6.54 Å². The van der Waals surface area contributed by atoms with Crippen LogP contribution in [0.3, 0.4) is 0 Å². The third-order valence-electron chi connectivity index (χ3n) is 4.87. The summed E-state index contributed by atoms with van der Waals surface area (Å²) in [7, 11) is 0. The molecule has 5 nitrogen and oxygen atoms in total. The Kier molecular flexibility index (Phi) is 5.69. The largest absolute Gasteiger partial charge is 0.507 e. The first kappa shape index (κ1) is 18.8. The van der Waals surface area contributed by atoms with E-state index in [4.69, 9.17) is 0 Å². The highest BCUT2D eigenvalue weighted by atomic mass is 16.3. The summed E-state index contributed by atoms with van der Waals surface area (Å²) in [6, 6.07) is 10.2. The van der Waals surface area contributed by atoms with Gasteiger partial charge in [-0.1, -0.05) is 55.7 Å². The summed E-state index contributed by atoms with van der Waals surface area (Å²) in [6.45, 7) is 4.51. The van der Waals surface area contributed by atoms with Crippen LogP contribution in [0.15, 0.2) is 54.4 Å². The molecule has 1 saturated heterocycles. The fourth-order valence-corrected chi connectivity index (χ4v) is 3.39. The number of rotatable bonds is 6. The Hall–Kier alpha value is -2.95. The van der Waals surface area contributed by atoms with Gasteiger partial charge in [-0.15, -0.1) is 0 Å². The molecular formula is C22H24N2O3. The van der Waals surface area contributed by atoms with Crippen LogP contribution in [0.4, 0.5) is 0 Å². The molecule has 27 heavy (non-hydrogen) atoms. The molecule has 1 aliphatic heterocycles. The normalized spacial score (nSPS) is 18.9. The van der Waals surface area contributed by atoms with E-state index in [1.807, 2.05) is 25.1 Å². The van der Waals surface area contributed by atoms with Gasteiger partial charge in [0, 0.05) is 24.5 Å². The number of amides is 1. The van der Waals surface area contributed by atoms with E-state index in [1.165, 1.54) is 0 Å². The van der Waals surface area contributed by atoms with Gasteiger partial charge in [0.05, 0.1) is 11.6 Å². The van der Waals surface area contributed by atoms with Crippen LogP contribution in [0, 0.1) is 6.92 Å². The van der Waals surface area contributed by atoms with Crippen molar-refractivity contribution in [1.29, 1.82) is 0 Å². The summed E-state index contributed by atoms with van der Waals surface area (Å²) >= 11 is 0. The zero-order valence-electron chi connectivity index (χ0n) is 15.7. The Bertz CT molecular complexity index is 857. The van der Waals surface area contributed by atoms with Gasteiger partial charge < -0.3 is 10.0 Å². The summed E-state index contributed by atoms with van der Waals surface area (Å²) in [6.07, 6.45) is 6.09. The molecule has 1 amide bonds. The molecule has 0 spiro atoms. The Morgan fingerprint density at radius 3 is 2.52 bits per heavy atom. The summed E-state index contributed by atoms with van der Waals surface area (Å²) < 4.78 is 0. The van der Waals surface area contributed by atoms with Crippen molar-refractivity contribution in [3.05, 3.63) is 71.1 Å². The number of aryl methyl sites for hydroxylation is 1. The molecule has 2 aromatic rings. The van der Waals surface area contributed by atoms with Crippen LogP contribution < -0.4 is 0 Å². The molecule has 1 aliphatic rings. The number of carbonyl (C=O) groups excluding carboxylic acids is 2. The minimum Gasteiger partial charge on any atom is -0.507 e. The molecular weight excluding hydrogens is 340 g/mol. The number of pyridine rings is 1. The molecule has 1 unspecified atom stereocenters. The number of aliphatic hydroxyl groups excluding tert-OH is 1. The maximum absolute atomic E-state index is 12.8. The molecule has 0 bridgehead atoms. The van der Waals surface area contributed by atoms with Crippen molar-refractivity contribution in [3.63, 3.8) is 0 Å². The zero-order valence-corrected chi connectivity index (χ0v) is 15.7. The Morgan fingerprint density at radius 2 is 1.89 bits per heavy atom. The molecule has 0 aliphatic carbocycles. The van der Waals surface area contributed by atoms with Crippen LogP contribution in [0.2, 0.25) is 0 Å². The molecule has 1 fully saturated rings. The Balaban J connectivity index is 2.09. The highest BCUT2D eigenvalue weighted by Gasteiger charge is 2.45. The van der Waals surface area contributed by atoms with Gasteiger partial charge in [-0.2, -0.15) is 0 Å². The van der Waals surface area contributed by atoms with E-state index in [2.05, 4.69) is 11.9 Å². The molecule has 140 valence electrons. The second kappa shape index (κ2) is 8.16. The summed E-state index contributed by atoms with van der Waals surface area (Å²) in [4.78, 5) is 31.2. The van der Waals surface area contributed by atoms with Gasteiger partial charge in [0.2, 0.25) is 0 Å². The minimum absolute atomic E-state index is 0.133. The highest BCUT2D eigenvalue weighted by molar-refractivity contribution is 6.46. The van der Waals surface area contributed by atoms with Crippen LogP contribution in [-0.2, 0) is 9.59 Å².